The lowest BCUT2D eigenvalue weighted by molar-refractivity contribution is -0.119. The average Bonchev–Trinajstić information content (AvgIpc) is 3.38. The molecule has 228 valence electrons. The molecule has 2 aromatic carbocycles. The van der Waals surface area contributed by atoms with Crippen molar-refractivity contribution in [3.8, 4) is 16.9 Å². The number of nitrogens with zero attached hydrogens (tertiary/aromatic N) is 3. The second kappa shape index (κ2) is 12.8. The van der Waals surface area contributed by atoms with Crippen LogP contribution in [0.4, 0.5) is 25.0 Å². The van der Waals surface area contributed by atoms with Crippen molar-refractivity contribution < 1.29 is 27.9 Å². The Kier molecular flexibility index (Phi) is 8.91. The van der Waals surface area contributed by atoms with Gasteiger partial charge in [0.15, 0.2) is 5.82 Å². The molecule has 0 fully saturated rings. The highest BCUT2D eigenvalue weighted by Gasteiger charge is 2.26. The van der Waals surface area contributed by atoms with Crippen LogP contribution < -0.4 is 16.0 Å². The van der Waals surface area contributed by atoms with E-state index >= 15 is 4.39 Å². The highest BCUT2D eigenvalue weighted by Crippen LogP contribution is 2.34. The molecule has 1 aliphatic rings. The Morgan fingerprint density at radius 3 is 2.70 bits per heavy atom. The highest BCUT2D eigenvalue weighted by atomic mass is 35.5. The largest absolute Gasteiger partial charge is 0.453 e. The molecule has 13 heteroatoms. The lowest BCUT2D eigenvalue weighted by Gasteiger charge is -2.23. The zero-order chi connectivity index (χ0) is 31.5. The van der Waals surface area contributed by atoms with Crippen molar-refractivity contribution in [3.63, 3.8) is 0 Å². The molecule has 1 aliphatic heterocycles. The number of amides is 3. The normalized spacial score (nSPS) is 16.5. The third kappa shape index (κ3) is 6.25. The van der Waals surface area contributed by atoms with Gasteiger partial charge in [-0.25, -0.2) is 18.3 Å². The van der Waals surface area contributed by atoms with Gasteiger partial charge in [-0.2, -0.15) is 5.10 Å². The van der Waals surface area contributed by atoms with Gasteiger partial charge in [-0.3, -0.25) is 19.9 Å². The molecule has 0 saturated heterocycles. The van der Waals surface area contributed by atoms with Crippen LogP contribution in [0.25, 0.3) is 16.9 Å². The topological polar surface area (TPSA) is 127 Å². The monoisotopic (exact) mass is 622 g/mol. The summed E-state index contributed by atoms with van der Waals surface area (Å²) >= 11 is 5.94. The lowest BCUT2D eigenvalue weighted by Crippen LogP contribution is -2.30. The summed E-state index contributed by atoms with van der Waals surface area (Å²) in [5, 5.41) is 12.5. The number of nitrogens with one attached hydrogen (secondary N) is 3. The Bertz CT molecular complexity index is 1760. The lowest BCUT2D eigenvalue weighted by atomic mass is 9.94. The van der Waals surface area contributed by atoms with Crippen LogP contribution in [0.2, 0.25) is 5.02 Å². The van der Waals surface area contributed by atoms with Crippen LogP contribution in [0, 0.1) is 24.5 Å². The van der Waals surface area contributed by atoms with Crippen LogP contribution in [-0.4, -0.2) is 39.8 Å². The van der Waals surface area contributed by atoms with Gasteiger partial charge < -0.3 is 15.4 Å². The third-order valence-corrected chi connectivity index (χ3v) is 7.83. The number of methoxy groups -OCH3 is 1. The van der Waals surface area contributed by atoms with E-state index in [2.05, 4.69) is 30.8 Å². The predicted octanol–water partition coefficient (Wildman–Crippen LogP) is 6.58. The van der Waals surface area contributed by atoms with Gasteiger partial charge in [0.2, 0.25) is 5.91 Å². The van der Waals surface area contributed by atoms with Crippen LogP contribution in [0.15, 0.2) is 54.9 Å². The van der Waals surface area contributed by atoms with Crippen LogP contribution >= 0.6 is 11.6 Å². The number of halogens is 3. The number of benzene rings is 2. The summed E-state index contributed by atoms with van der Waals surface area (Å²) in [4.78, 5) is 42.7. The number of fused-ring (bicyclic) bond motifs is 4. The Morgan fingerprint density at radius 1 is 1.14 bits per heavy atom. The maximum Gasteiger partial charge on any atom is 0.411 e. The highest BCUT2D eigenvalue weighted by molar-refractivity contribution is 6.30. The van der Waals surface area contributed by atoms with Gasteiger partial charge in [0.25, 0.3) is 5.91 Å². The second-order valence-electron chi connectivity index (χ2n) is 10.4. The summed E-state index contributed by atoms with van der Waals surface area (Å²) in [5.74, 6) is -2.49. The molecule has 0 spiro atoms. The van der Waals surface area contributed by atoms with E-state index in [4.69, 9.17) is 11.6 Å². The van der Waals surface area contributed by atoms with Crippen LogP contribution in [0.3, 0.4) is 0 Å². The molecule has 4 aromatic rings. The van der Waals surface area contributed by atoms with Gasteiger partial charge >= 0.3 is 6.09 Å². The molecular formula is C31H29ClF2N6O4. The number of aromatic nitrogens is 3. The Morgan fingerprint density at radius 2 is 1.93 bits per heavy atom. The molecule has 44 heavy (non-hydrogen) atoms. The van der Waals surface area contributed by atoms with Crippen molar-refractivity contribution in [3.05, 3.63) is 88.3 Å². The number of ether oxygens (including phenoxy) is 1. The van der Waals surface area contributed by atoms with E-state index in [9.17, 15) is 18.8 Å². The van der Waals surface area contributed by atoms with E-state index < -0.39 is 35.6 Å². The quantitative estimate of drug-likeness (QED) is 0.236. The van der Waals surface area contributed by atoms with Gasteiger partial charge in [0, 0.05) is 22.7 Å². The number of hydrogen-bond acceptors (Lipinski definition) is 6. The fraction of sp³-hybridized carbons (Fsp3) is 0.258. The van der Waals surface area contributed by atoms with Crippen molar-refractivity contribution in [2.45, 2.75) is 39.2 Å². The molecule has 5 rings (SSSR count). The van der Waals surface area contributed by atoms with Gasteiger partial charge in [0.05, 0.1) is 53.2 Å². The maximum atomic E-state index is 15.4. The van der Waals surface area contributed by atoms with Crippen LogP contribution in [0.1, 0.15) is 53.8 Å². The summed E-state index contributed by atoms with van der Waals surface area (Å²) in [6, 6.07) is 10.0. The van der Waals surface area contributed by atoms with E-state index in [1.54, 1.807) is 38.1 Å². The maximum absolute atomic E-state index is 15.4. The SMILES string of the molecule is COC(=O)Nc1ccc2c(c1)NC(=O)[C@@H](C)CCC[C@@H](NC(=O)c1cnn(-c3cccc(Cl)c3F)c1C)c1cc-2ncc1F. The third-order valence-electron chi connectivity index (χ3n) is 7.54. The summed E-state index contributed by atoms with van der Waals surface area (Å²) in [6.45, 7) is 3.39. The summed E-state index contributed by atoms with van der Waals surface area (Å²) in [6.07, 6.45) is 2.97. The molecule has 0 unspecified atom stereocenters. The fourth-order valence-electron chi connectivity index (χ4n) is 5.07. The van der Waals surface area contributed by atoms with Gasteiger partial charge in [-0.1, -0.05) is 31.0 Å². The Balaban J connectivity index is 1.51. The number of pyridine rings is 1. The van der Waals surface area contributed by atoms with Crippen molar-refractivity contribution in [1.29, 1.82) is 0 Å². The number of carbonyl (C=O) groups excluding carboxylic acids is 3. The molecule has 0 saturated carbocycles. The number of rotatable bonds is 4. The van der Waals surface area contributed by atoms with Gasteiger partial charge in [-0.05, 0) is 56.2 Å². The first kappa shape index (κ1) is 30.6. The number of carbonyl (C=O) groups is 3. The first-order valence-electron chi connectivity index (χ1n) is 13.8. The van der Waals surface area contributed by atoms with Crippen molar-refractivity contribution in [1.82, 2.24) is 20.1 Å². The second-order valence-corrected chi connectivity index (χ2v) is 10.9. The standard InChI is InChI=1S/C31H29ClF2N6O4/c1-16-6-4-8-24(38-30(42)21-14-36-40(17(21)2)27-9-5-7-22(32)28(27)34)20-13-25(35-15-23(20)33)19-11-10-18(37-31(43)44-3)12-26(19)39-29(16)41/h5,7,9-16,24H,4,6,8H2,1-3H3,(H,37,43)(H,38,42)(H,39,41)/t16-,24+/m0/s1. The molecule has 0 aliphatic carbocycles. The predicted molar refractivity (Wildman–Crippen MR) is 161 cm³/mol. The minimum atomic E-state index is -0.784. The van der Waals surface area contributed by atoms with E-state index in [-0.39, 0.29) is 27.7 Å². The van der Waals surface area contributed by atoms with Crippen molar-refractivity contribution in [2.75, 3.05) is 17.7 Å². The molecule has 3 N–H and O–H groups in total. The summed E-state index contributed by atoms with van der Waals surface area (Å²) in [5.41, 5.74) is 2.38. The van der Waals surface area contributed by atoms with Crippen LogP contribution in [0.5, 0.6) is 0 Å². The fourth-order valence-corrected chi connectivity index (χ4v) is 5.24. The molecule has 3 heterocycles. The van der Waals surface area contributed by atoms with Gasteiger partial charge in [-0.15, -0.1) is 0 Å². The van der Waals surface area contributed by atoms with E-state index in [0.29, 0.717) is 47.6 Å². The molecule has 2 aromatic heterocycles. The minimum absolute atomic E-state index is 0.0824. The Hall–Kier alpha value is -4.84. The summed E-state index contributed by atoms with van der Waals surface area (Å²) < 4.78 is 36.0. The zero-order valence-corrected chi connectivity index (χ0v) is 24.8. The summed E-state index contributed by atoms with van der Waals surface area (Å²) in [7, 11) is 1.23. The number of anilines is 2. The van der Waals surface area contributed by atoms with E-state index in [1.165, 1.54) is 36.2 Å². The molecular weight excluding hydrogens is 594 g/mol. The number of hydrogen-bond donors (Lipinski definition) is 3. The van der Waals surface area contributed by atoms with E-state index in [1.807, 2.05) is 0 Å². The molecule has 0 radical (unpaired) electrons. The minimum Gasteiger partial charge on any atom is -0.453 e. The Labute approximate surface area is 256 Å². The molecule has 3 amide bonds. The van der Waals surface area contributed by atoms with Crippen molar-refractivity contribution >= 4 is 40.9 Å². The average molecular weight is 623 g/mol. The van der Waals surface area contributed by atoms with Crippen LogP contribution in [-0.2, 0) is 9.53 Å². The first-order valence-corrected chi connectivity index (χ1v) is 14.2. The smallest absolute Gasteiger partial charge is 0.411 e. The first-order chi connectivity index (χ1) is 21.1. The molecule has 2 bridgehead atoms. The van der Waals surface area contributed by atoms with Crippen molar-refractivity contribution in [2.24, 2.45) is 5.92 Å². The zero-order valence-electron chi connectivity index (χ0n) is 24.1. The van der Waals surface area contributed by atoms with Gasteiger partial charge in [0.1, 0.15) is 11.5 Å². The van der Waals surface area contributed by atoms with E-state index in [0.717, 1.165) is 6.20 Å². The molecule has 2 atom stereocenters. The molecule has 10 nitrogen and oxygen atoms in total.